The van der Waals surface area contributed by atoms with E-state index in [1.165, 1.54) is 25.7 Å². The summed E-state index contributed by atoms with van der Waals surface area (Å²) in [5.74, 6) is 1.47. The van der Waals surface area contributed by atoms with Gasteiger partial charge in [0.2, 0.25) is 0 Å². The van der Waals surface area contributed by atoms with Crippen LogP contribution in [0.25, 0.3) is 0 Å². The molecule has 0 radical (unpaired) electrons. The summed E-state index contributed by atoms with van der Waals surface area (Å²) >= 11 is 8.43. The Labute approximate surface area is 152 Å². The van der Waals surface area contributed by atoms with E-state index in [9.17, 15) is 0 Å². The molecule has 2 bridgehead atoms. The molecule has 2 atom stereocenters. The molecule has 2 aliphatic heterocycles. The van der Waals surface area contributed by atoms with Crippen molar-refractivity contribution in [2.24, 2.45) is 0 Å². The number of nitrogens with zero attached hydrogens (tertiary/aromatic N) is 2. The average Bonchev–Trinajstić information content (AvgIpc) is 2.80. The van der Waals surface area contributed by atoms with Gasteiger partial charge in [0.1, 0.15) is 11.5 Å². The maximum Gasteiger partial charge on any atom is 0.145 e. The van der Waals surface area contributed by atoms with Gasteiger partial charge in [0.25, 0.3) is 0 Å². The Morgan fingerprint density at radius 2 is 1.96 bits per heavy atom. The zero-order valence-corrected chi connectivity index (χ0v) is 15.3. The highest BCUT2D eigenvalue weighted by molar-refractivity contribution is 8.00. The average molecular weight is 361 g/mol. The lowest BCUT2D eigenvalue weighted by Gasteiger charge is -2.36. The third-order valence-electron chi connectivity index (χ3n) is 5.12. The van der Waals surface area contributed by atoms with Crippen LogP contribution in [0.4, 0.5) is 0 Å². The summed E-state index contributed by atoms with van der Waals surface area (Å²) in [4.78, 5) is 7.79. The molecule has 0 spiro atoms. The van der Waals surface area contributed by atoms with Crippen LogP contribution in [-0.2, 0) is 0 Å². The fourth-order valence-electron chi connectivity index (χ4n) is 3.82. The van der Waals surface area contributed by atoms with E-state index in [1.54, 1.807) is 12.4 Å². The van der Waals surface area contributed by atoms with E-state index >= 15 is 0 Å². The minimum absolute atomic E-state index is 0.668. The van der Waals surface area contributed by atoms with Crippen LogP contribution in [0, 0.1) is 0 Å². The van der Waals surface area contributed by atoms with Gasteiger partial charge in [0.15, 0.2) is 0 Å². The number of hydrogen-bond acceptors (Lipinski definition) is 4. The van der Waals surface area contributed by atoms with Gasteiger partial charge in [-0.15, -0.1) is 11.8 Å². The van der Waals surface area contributed by atoms with Gasteiger partial charge in [0.05, 0.1) is 11.2 Å². The van der Waals surface area contributed by atoms with Crippen molar-refractivity contribution in [2.45, 2.75) is 47.9 Å². The van der Waals surface area contributed by atoms with Crippen molar-refractivity contribution < 1.29 is 4.74 Å². The SMILES string of the molecule is CN1C2CCC1CC(Sc1ccc(Oc3cccnc3)cc1Cl)C2. The molecule has 2 unspecified atom stereocenters. The van der Waals surface area contributed by atoms with Crippen molar-refractivity contribution in [1.82, 2.24) is 9.88 Å². The van der Waals surface area contributed by atoms with E-state index in [0.29, 0.717) is 5.25 Å². The maximum atomic E-state index is 6.51. The zero-order chi connectivity index (χ0) is 16.5. The molecule has 2 aliphatic rings. The zero-order valence-electron chi connectivity index (χ0n) is 13.7. The van der Waals surface area contributed by atoms with Crippen molar-refractivity contribution in [1.29, 1.82) is 0 Å². The number of piperidine rings is 1. The van der Waals surface area contributed by atoms with Crippen LogP contribution >= 0.6 is 23.4 Å². The minimum Gasteiger partial charge on any atom is -0.456 e. The summed E-state index contributed by atoms with van der Waals surface area (Å²) in [6, 6.07) is 11.2. The van der Waals surface area contributed by atoms with Crippen molar-refractivity contribution in [3.05, 3.63) is 47.7 Å². The van der Waals surface area contributed by atoms with E-state index in [2.05, 4.69) is 23.0 Å². The molecule has 3 heterocycles. The lowest BCUT2D eigenvalue weighted by atomic mass is 10.0. The van der Waals surface area contributed by atoms with Gasteiger partial charge in [-0.1, -0.05) is 11.6 Å². The fourth-order valence-corrected chi connectivity index (χ4v) is 5.44. The van der Waals surface area contributed by atoms with Crippen molar-refractivity contribution in [3.8, 4) is 11.5 Å². The lowest BCUT2D eigenvalue weighted by Crippen LogP contribution is -2.40. The molecular weight excluding hydrogens is 340 g/mol. The fraction of sp³-hybridized carbons (Fsp3) is 0.421. The molecule has 2 aromatic rings. The first kappa shape index (κ1) is 16.2. The second-order valence-corrected chi connectivity index (χ2v) is 8.39. The molecule has 2 saturated heterocycles. The third kappa shape index (κ3) is 3.41. The quantitative estimate of drug-likeness (QED) is 0.744. The highest BCUT2D eigenvalue weighted by Crippen LogP contribution is 2.43. The molecule has 24 heavy (non-hydrogen) atoms. The Morgan fingerprint density at radius 1 is 1.17 bits per heavy atom. The van der Waals surface area contributed by atoms with Gasteiger partial charge in [-0.2, -0.15) is 0 Å². The molecule has 5 heteroatoms. The van der Waals surface area contributed by atoms with E-state index in [0.717, 1.165) is 33.5 Å². The van der Waals surface area contributed by atoms with Gasteiger partial charge in [-0.3, -0.25) is 4.98 Å². The van der Waals surface area contributed by atoms with Crippen LogP contribution in [0.5, 0.6) is 11.5 Å². The normalized spacial score (nSPS) is 26.5. The molecule has 4 rings (SSSR count). The number of halogens is 1. The highest BCUT2D eigenvalue weighted by Gasteiger charge is 2.38. The molecule has 2 fully saturated rings. The van der Waals surface area contributed by atoms with Gasteiger partial charge in [-0.05, 0) is 57.0 Å². The van der Waals surface area contributed by atoms with Crippen LogP contribution in [-0.4, -0.2) is 34.3 Å². The molecule has 0 aliphatic carbocycles. The molecule has 0 amide bonds. The van der Waals surface area contributed by atoms with Crippen LogP contribution < -0.4 is 4.74 Å². The summed E-state index contributed by atoms with van der Waals surface area (Å²) < 4.78 is 5.80. The van der Waals surface area contributed by atoms with Crippen LogP contribution in [0.1, 0.15) is 25.7 Å². The third-order valence-corrected chi connectivity index (χ3v) is 6.87. The topological polar surface area (TPSA) is 25.4 Å². The number of aromatic nitrogens is 1. The Morgan fingerprint density at radius 3 is 2.62 bits per heavy atom. The van der Waals surface area contributed by atoms with E-state index in [1.807, 2.05) is 36.0 Å². The first-order valence-corrected chi connectivity index (χ1v) is 9.71. The Bertz CT molecular complexity index is 698. The highest BCUT2D eigenvalue weighted by atomic mass is 35.5. The summed E-state index contributed by atoms with van der Waals surface area (Å²) in [6.45, 7) is 0. The predicted octanol–water partition coefficient (Wildman–Crippen LogP) is 5.24. The Balaban J connectivity index is 1.43. The number of fused-ring (bicyclic) bond motifs is 2. The van der Waals surface area contributed by atoms with Crippen molar-refractivity contribution >= 4 is 23.4 Å². The van der Waals surface area contributed by atoms with Crippen LogP contribution in [0.3, 0.4) is 0 Å². The number of thioether (sulfide) groups is 1. The van der Waals surface area contributed by atoms with Gasteiger partial charge < -0.3 is 9.64 Å². The molecule has 1 aromatic heterocycles. The monoisotopic (exact) mass is 360 g/mol. The summed E-state index contributed by atoms with van der Waals surface area (Å²) in [6.07, 6.45) is 8.66. The van der Waals surface area contributed by atoms with Gasteiger partial charge in [0, 0.05) is 34.5 Å². The van der Waals surface area contributed by atoms with Crippen molar-refractivity contribution in [2.75, 3.05) is 7.05 Å². The predicted molar refractivity (Wildman–Crippen MR) is 99.2 cm³/mol. The van der Waals surface area contributed by atoms with E-state index in [4.69, 9.17) is 16.3 Å². The number of benzene rings is 1. The van der Waals surface area contributed by atoms with Gasteiger partial charge >= 0.3 is 0 Å². The first-order chi connectivity index (χ1) is 11.7. The summed E-state index contributed by atoms with van der Waals surface area (Å²) in [5.41, 5.74) is 0. The number of rotatable bonds is 4. The number of pyridine rings is 1. The molecule has 0 saturated carbocycles. The molecule has 0 N–H and O–H groups in total. The van der Waals surface area contributed by atoms with Crippen LogP contribution in [0.15, 0.2) is 47.6 Å². The second-order valence-electron chi connectivity index (χ2n) is 6.64. The lowest BCUT2D eigenvalue weighted by molar-refractivity contribution is 0.183. The summed E-state index contributed by atoms with van der Waals surface area (Å²) in [5, 5.41) is 1.44. The van der Waals surface area contributed by atoms with E-state index < -0.39 is 0 Å². The minimum atomic E-state index is 0.668. The van der Waals surface area contributed by atoms with Crippen molar-refractivity contribution in [3.63, 3.8) is 0 Å². The standard InChI is InChI=1S/C19H21ClN2OS/c1-22-13-4-5-14(22)10-17(9-13)24-19-7-6-15(11-18(19)20)23-16-3-2-8-21-12-16/h2-3,6-8,11-14,17H,4-5,9-10H2,1H3. The maximum absolute atomic E-state index is 6.51. The molecule has 3 nitrogen and oxygen atoms in total. The second kappa shape index (κ2) is 6.95. The van der Waals surface area contributed by atoms with Gasteiger partial charge in [-0.25, -0.2) is 0 Å². The first-order valence-electron chi connectivity index (χ1n) is 8.45. The van der Waals surface area contributed by atoms with E-state index in [-0.39, 0.29) is 0 Å². The number of hydrogen-bond donors (Lipinski definition) is 0. The molecular formula is C19H21ClN2OS. The Hall–Kier alpha value is -1.23. The Kier molecular flexibility index (Phi) is 4.70. The summed E-state index contributed by atoms with van der Waals surface area (Å²) in [7, 11) is 2.28. The molecule has 1 aromatic carbocycles. The smallest absolute Gasteiger partial charge is 0.145 e. The molecule has 126 valence electrons. The number of ether oxygens (including phenoxy) is 1. The van der Waals surface area contributed by atoms with Crippen LogP contribution in [0.2, 0.25) is 5.02 Å². The largest absolute Gasteiger partial charge is 0.456 e.